The van der Waals surface area contributed by atoms with Crippen LogP contribution >= 0.6 is 0 Å². The highest BCUT2D eigenvalue weighted by atomic mass is 16.4. The van der Waals surface area contributed by atoms with Crippen LogP contribution in [-0.2, 0) is 24.3 Å². The number of H-pyrrole nitrogens is 1. The van der Waals surface area contributed by atoms with Gasteiger partial charge in [-0.3, -0.25) is 9.69 Å². The van der Waals surface area contributed by atoms with E-state index in [0.29, 0.717) is 18.8 Å². The number of aliphatic carboxylic acids is 1. The number of carboxylic acid groups (broad SMARTS) is 1. The second-order valence-electron chi connectivity index (χ2n) is 6.22. The van der Waals surface area contributed by atoms with Crippen LogP contribution in [-0.4, -0.2) is 37.1 Å². The molecule has 3 aromatic rings. The summed E-state index contributed by atoms with van der Waals surface area (Å²) in [5.41, 5.74) is 3.90. The fourth-order valence-corrected chi connectivity index (χ4v) is 3.61. The van der Waals surface area contributed by atoms with Gasteiger partial charge in [0.15, 0.2) is 6.04 Å². The molecule has 0 bridgehead atoms. The van der Waals surface area contributed by atoms with Gasteiger partial charge in [-0.2, -0.15) is 0 Å². The summed E-state index contributed by atoms with van der Waals surface area (Å²) in [6.07, 6.45) is 4.47. The number of carbonyl (C=O) groups is 1. The lowest BCUT2D eigenvalue weighted by Crippen LogP contribution is -2.39. The second-order valence-corrected chi connectivity index (χ2v) is 6.22. The first kappa shape index (κ1) is 15.0. The number of hydrogen-bond donors (Lipinski definition) is 2. The van der Waals surface area contributed by atoms with E-state index in [9.17, 15) is 9.90 Å². The third-order valence-electron chi connectivity index (χ3n) is 4.82. The summed E-state index contributed by atoms with van der Waals surface area (Å²) < 4.78 is 2.20. The van der Waals surface area contributed by atoms with Gasteiger partial charge in [0.2, 0.25) is 0 Å². The molecule has 0 fully saturated rings. The Morgan fingerprint density at radius 2 is 2.29 bits per heavy atom. The number of nitrogens with one attached hydrogen (secondary N) is 1. The monoisotopic (exact) mass is 324 g/mol. The van der Waals surface area contributed by atoms with Crippen LogP contribution < -0.4 is 0 Å². The van der Waals surface area contributed by atoms with Crippen molar-refractivity contribution >= 4 is 16.9 Å². The van der Waals surface area contributed by atoms with Gasteiger partial charge < -0.3 is 14.7 Å². The average Bonchev–Trinajstić information content (AvgIpc) is 3.20. The topological polar surface area (TPSA) is 74.2 Å². The van der Waals surface area contributed by atoms with E-state index in [1.165, 1.54) is 10.9 Å². The van der Waals surface area contributed by atoms with Gasteiger partial charge in [0.05, 0.1) is 12.0 Å². The lowest BCUT2D eigenvalue weighted by Gasteiger charge is -2.32. The van der Waals surface area contributed by atoms with Crippen molar-refractivity contribution in [3.05, 3.63) is 53.7 Å². The zero-order chi connectivity index (χ0) is 16.7. The second kappa shape index (κ2) is 5.79. The SMILES string of the molecule is CCn1ccc2ccc(CN3CCc4[nH]cnc4C3C(=O)O)cc21. The van der Waals surface area contributed by atoms with Crippen molar-refractivity contribution < 1.29 is 9.90 Å². The zero-order valence-corrected chi connectivity index (χ0v) is 13.6. The van der Waals surface area contributed by atoms with Gasteiger partial charge in [-0.25, -0.2) is 4.98 Å². The van der Waals surface area contributed by atoms with Crippen molar-refractivity contribution in [2.45, 2.75) is 32.5 Å². The van der Waals surface area contributed by atoms with Crippen LogP contribution in [0.25, 0.3) is 10.9 Å². The van der Waals surface area contributed by atoms with Crippen molar-refractivity contribution in [3.8, 4) is 0 Å². The van der Waals surface area contributed by atoms with Gasteiger partial charge in [0.1, 0.15) is 0 Å². The number of hydrogen-bond acceptors (Lipinski definition) is 3. The van der Waals surface area contributed by atoms with Gasteiger partial charge in [-0.15, -0.1) is 0 Å². The van der Waals surface area contributed by atoms with Crippen LogP contribution in [0.4, 0.5) is 0 Å². The van der Waals surface area contributed by atoms with Gasteiger partial charge >= 0.3 is 5.97 Å². The van der Waals surface area contributed by atoms with Crippen LogP contribution in [0.1, 0.15) is 29.9 Å². The number of aromatic nitrogens is 3. The fourth-order valence-electron chi connectivity index (χ4n) is 3.61. The van der Waals surface area contributed by atoms with E-state index in [4.69, 9.17) is 0 Å². The first-order valence-electron chi connectivity index (χ1n) is 8.24. The molecule has 0 radical (unpaired) electrons. The van der Waals surface area contributed by atoms with Crippen LogP contribution in [0.3, 0.4) is 0 Å². The molecule has 1 unspecified atom stereocenters. The Kier molecular flexibility index (Phi) is 3.61. The maximum Gasteiger partial charge on any atom is 0.327 e. The van der Waals surface area contributed by atoms with Crippen LogP contribution in [0.2, 0.25) is 0 Å². The predicted molar refractivity (Wildman–Crippen MR) is 90.7 cm³/mol. The maximum absolute atomic E-state index is 11.8. The Morgan fingerprint density at radius 3 is 3.08 bits per heavy atom. The number of aromatic amines is 1. The number of rotatable bonds is 4. The molecule has 0 amide bonds. The Balaban J connectivity index is 1.66. The molecule has 1 atom stereocenters. The molecule has 0 spiro atoms. The molecule has 0 saturated heterocycles. The summed E-state index contributed by atoms with van der Waals surface area (Å²) in [6, 6.07) is 7.78. The minimum absolute atomic E-state index is 0.605. The normalized spacial score (nSPS) is 18.0. The van der Waals surface area contributed by atoms with Gasteiger partial charge in [0.25, 0.3) is 0 Å². The first-order chi connectivity index (χ1) is 11.7. The van der Waals surface area contributed by atoms with Crippen molar-refractivity contribution in [1.29, 1.82) is 0 Å². The minimum Gasteiger partial charge on any atom is -0.480 e. The third kappa shape index (κ3) is 2.39. The first-order valence-corrected chi connectivity index (χ1v) is 8.24. The number of fused-ring (bicyclic) bond motifs is 2. The summed E-state index contributed by atoms with van der Waals surface area (Å²) in [5, 5.41) is 10.9. The highest BCUT2D eigenvalue weighted by Gasteiger charge is 2.35. The highest BCUT2D eigenvalue weighted by Crippen LogP contribution is 2.29. The number of carboxylic acids is 1. The molecule has 124 valence electrons. The van der Waals surface area contributed by atoms with Crippen LogP contribution in [0.15, 0.2) is 36.8 Å². The van der Waals surface area contributed by atoms with E-state index in [1.54, 1.807) is 6.33 Å². The Hall–Kier alpha value is -2.60. The van der Waals surface area contributed by atoms with Crippen molar-refractivity contribution in [1.82, 2.24) is 19.4 Å². The minimum atomic E-state index is -0.846. The summed E-state index contributed by atoms with van der Waals surface area (Å²) in [5.74, 6) is -0.846. The lowest BCUT2D eigenvalue weighted by atomic mass is 10.0. The van der Waals surface area contributed by atoms with Crippen molar-refractivity contribution in [2.75, 3.05) is 6.54 Å². The van der Waals surface area contributed by atoms with Crippen LogP contribution in [0.5, 0.6) is 0 Å². The van der Waals surface area contributed by atoms with Gasteiger partial charge in [-0.05, 0) is 30.0 Å². The number of benzene rings is 1. The van der Waals surface area contributed by atoms with E-state index in [2.05, 4.69) is 51.9 Å². The summed E-state index contributed by atoms with van der Waals surface area (Å²) in [7, 11) is 0. The fraction of sp³-hybridized carbons (Fsp3) is 0.333. The summed E-state index contributed by atoms with van der Waals surface area (Å²) in [4.78, 5) is 21.1. The third-order valence-corrected chi connectivity index (χ3v) is 4.82. The molecular weight excluding hydrogens is 304 g/mol. The number of aryl methyl sites for hydroxylation is 1. The number of nitrogens with zero attached hydrogens (tertiary/aromatic N) is 3. The molecule has 1 aromatic carbocycles. The Bertz CT molecular complexity index is 895. The molecule has 6 nitrogen and oxygen atoms in total. The molecule has 1 aliphatic rings. The molecular formula is C18H20N4O2. The van der Waals surface area contributed by atoms with E-state index < -0.39 is 12.0 Å². The molecule has 24 heavy (non-hydrogen) atoms. The van der Waals surface area contributed by atoms with Gasteiger partial charge in [-0.1, -0.05) is 12.1 Å². The van der Waals surface area contributed by atoms with E-state index in [1.807, 2.05) is 4.90 Å². The predicted octanol–water partition coefficient (Wildman–Crippen LogP) is 2.57. The van der Waals surface area contributed by atoms with Gasteiger partial charge in [0, 0.05) is 43.5 Å². The standard InChI is InChI=1S/C18H20N4O2/c1-2-21-7-5-13-4-3-12(9-15(13)21)10-22-8-6-14-16(20-11-19-14)17(22)18(23)24/h3-5,7,9,11,17H,2,6,8,10H2,1H3,(H,19,20)(H,23,24). The molecule has 4 rings (SSSR count). The smallest absolute Gasteiger partial charge is 0.327 e. The maximum atomic E-state index is 11.8. The molecule has 2 aromatic heterocycles. The number of imidazole rings is 1. The Morgan fingerprint density at radius 1 is 1.42 bits per heavy atom. The van der Waals surface area contributed by atoms with E-state index >= 15 is 0 Å². The molecule has 2 N–H and O–H groups in total. The lowest BCUT2D eigenvalue weighted by molar-refractivity contribution is -0.144. The molecule has 3 heterocycles. The molecule has 0 saturated carbocycles. The van der Waals surface area contributed by atoms with E-state index in [0.717, 1.165) is 24.2 Å². The van der Waals surface area contributed by atoms with Crippen molar-refractivity contribution in [2.24, 2.45) is 0 Å². The quantitative estimate of drug-likeness (QED) is 0.773. The zero-order valence-electron chi connectivity index (χ0n) is 13.6. The Labute approximate surface area is 139 Å². The van der Waals surface area contributed by atoms with Crippen LogP contribution in [0, 0.1) is 0 Å². The summed E-state index contributed by atoms with van der Waals surface area (Å²) >= 11 is 0. The molecule has 6 heteroatoms. The van der Waals surface area contributed by atoms with E-state index in [-0.39, 0.29) is 0 Å². The average molecular weight is 324 g/mol. The largest absolute Gasteiger partial charge is 0.480 e. The van der Waals surface area contributed by atoms with Crippen molar-refractivity contribution in [3.63, 3.8) is 0 Å². The molecule has 1 aliphatic heterocycles. The summed E-state index contributed by atoms with van der Waals surface area (Å²) in [6.45, 7) is 4.36. The highest BCUT2D eigenvalue weighted by molar-refractivity contribution is 5.81. The molecule has 0 aliphatic carbocycles.